The van der Waals surface area contributed by atoms with Crippen LogP contribution in [-0.4, -0.2) is 53.3 Å². The molecule has 29 heavy (non-hydrogen) atoms. The second kappa shape index (κ2) is 11.3. The van der Waals surface area contributed by atoms with Crippen molar-refractivity contribution in [1.82, 2.24) is 15.5 Å². The Morgan fingerprint density at radius 2 is 1.90 bits per heavy atom. The molecule has 2 atom stereocenters. The molecule has 1 fully saturated rings. The molecule has 3 amide bonds. The van der Waals surface area contributed by atoms with Gasteiger partial charge in [0.25, 0.3) is 0 Å². The lowest BCUT2D eigenvalue weighted by atomic mass is 10.0. The molecule has 1 aliphatic rings. The topological polar surface area (TPSA) is 108 Å². The Bertz CT molecular complexity index is 680. The van der Waals surface area contributed by atoms with Gasteiger partial charge in [-0.3, -0.25) is 4.79 Å². The van der Waals surface area contributed by atoms with Crippen molar-refractivity contribution >= 4 is 18.1 Å². The molecule has 1 aromatic carbocycles. The van der Waals surface area contributed by atoms with Crippen molar-refractivity contribution in [2.75, 3.05) is 13.1 Å². The van der Waals surface area contributed by atoms with Crippen LogP contribution in [0.25, 0.3) is 0 Å². The van der Waals surface area contributed by atoms with Crippen molar-refractivity contribution in [3.05, 3.63) is 35.9 Å². The minimum absolute atomic E-state index is 0.108. The fourth-order valence-corrected chi connectivity index (χ4v) is 3.34. The van der Waals surface area contributed by atoms with Crippen LogP contribution in [0.5, 0.6) is 0 Å². The van der Waals surface area contributed by atoms with Crippen LogP contribution < -0.4 is 10.6 Å². The number of rotatable bonds is 7. The third kappa shape index (κ3) is 8.01. The number of alkyl carbamates (subject to hydrolysis) is 1. The molecule has 0 saturated carbocycles. The lowest BCUT2D eigenvalue weighted by Crippen LogP contribution is -2.50. The average Bonchev–Trinajstić information content (AvgIpc) is 2.92. The van der Waals surface area contributed by atoms with Gasteiger partial charge in [-0.15, -0.1) is 0 Å². The van der Waals surface area contributed by atoms with Crippen molar-refractivity contribution in [1.29, 1.82) is 0 Å². The van der Waals surface area contributed by atoms with E-state index in [2.05, 4.69) is 10.6 Å². The zero-order valence-electron chi connectivity index (χ0n) is 17.1. The van der Waals surface area contributed by atoms with E-state index in [0.717, 1.165) is 5.56 Å². The van der Waals surface area contributed by atoms with Gasteiger partial charge >= 0.3 is 12.2 Å². The number of hydrogen-bond donors (Lipinski definition) is 3. The van der Waals surface area contributed by atoms with Gasteiger partial charge < -0.3 is 25.4 Å². The normalized spacial score (nSPS) is 17.9. The monoisotopic (exact) mass is 405 g/mol. The number of hydrogen-bond acceptors (Lipinski definition) is 4. The highest BCUT2D eigenvalue weighted by atomic mass is 16.5. The molecule has 1 unspecified atom stereocenters. The van der Waals surface area contributed by atoms with E-state index in [1.807, 2.05) is 44.2 Å². The smallest absolute Gasteiger partial charge is 0.408 e. The zero-order valence-corrected chi connectivity index (χ0v) is 17.1. The molecule has 0 bridgehead atoms. The summed E-state index contributed by atoms with van der Waals surface area (Å²) >= 11 is 0. The van der Waals surface area contributed by atoms with Crippen molar-refractivity contribution in [3.63, 3.8) is 0 Å². The lowest BCUT2D eigenvalue weighted by Gasteiger charge is -2.23. The maximum Gasteiger partial charge on any atom is 0.408 e. The van der Waals surface area contributed by atoms with E-state index >= 15 is 0 Å². The Balaban J connectivity index is 1.88. The Kier molecular flexibility index (Phi) is 8.76. The van der Waals surface area contributed by atoms with E-state index in [1.165, 1.54) is 4.90 Å². The maximum atomic E-state index is 12.8. The van der Waals surface area contributed by atoms with Crippen LogP contribution in [-0.2, 0) is 16.1 Å². The molecule has 0 aromatic heterocycles. The van der Waals surface area contributed by atoms with E-state index in [4.69, 9.17) is 9.84 Å². The molecule has 1 heterocycles. The molecule has 2 rings (SSSR count). The highest BCUT2D eigenvalue weighted by Gasteiger charge is 2.26. The average molecular weight is 405 g/mol. The van der Waals surface area contributed by atoms with Crippen molar-refractivity contribution < 1.29 is 24.2 Å². The summed E-state index contributed by atoms with van der Waals surface area (Å²) in [5.74, 6) is -0.0547. The van der Waals surface area contributed by atoms with Crippen LogP contribution in [0.1, 0.15) is 45.1 Å². The summed E-state index contributed by atoms with van der Waals surface area (Å²) < 4.78 is 5.24. The van der Waals surface area contributed by atoms with E-state index in [-0.39, 0.29) is 24.5 Å². The SMILES string of the molecule is CC(C)C[C@H](NC(=O)OCc1ccccc1)C(=O)NC1CCCN(C(=O)O)CC1. The van der Waals surface area contributed by atoms with E-state index < -0.39 is 18.2 Å². The molecule has 3 N–H and O–H groups in total. The summed E-state index contributed by atoms with van der Waals surface area (Å²) in [7, 11) is 0. The summed E-state index contributed by atoms with van der Waals surface area (Å²) in [6, 6.07) is 8.53. The predicted molar refractivity (Wildman–Crippen MR) is 108 cm³/mol. The zero-order chi connectivity index (χ0) is 21.2. The minimum Gasteiger partial charge on any atom is -0.465 e. The van der Waals surface area contributed by atoms with Gasteiger partial charge in [-0.2, -0.15) is 0 Å². The number of likely N-dealkylation sites (tertiary alicyclic amines) is 1. The third-order valence-corrected chi connectivity index (χ3v) is 4.87. The van der Waals surface area contributed by atoms with Gasteiger partial charge in [-0.1, -0.05) is 44.2 Å². The predicted octanol–water partition coefficient (Wildman–Crippen LogP) is 2.98. The quantitative estimate of drug-likeness (QED) is 0.646. The number of nitrogens with one attached hydrogen (secondary N) is 2. The van der Waals surface area contributed by atoms with Crippen LogP contribution in [0.4, 0.5) is 9.59 Å². The number of ether oxygens (including phenoxy) is 1. The van der Waals surface area contributed by atoms with Crippen molar-refractivity contribution in [2.24, 2.45) is 5.92 Å². The standard InChI is InChI=1S/C21H31N3O5/c1-15(2)13-18(23-20(26)29-14-16-7-4-3-5-8-16)19(25)22-17-9-6-11-24(12-10-17)21(27)28/h3-5,7-8,15,17-18H,6,9-14H2,1-2H3,(H,22,25)(H,23,26)(H,27,28)/t17?,18-/m0/s1. The number of carbonyl (C=O) groups is 3. The van der Waals surface area contributed by atoms with E-state index in [9.17, 15) is 14.4 Å². The van der Waals surface area contributed by atoms with Crippen LogP contribution in [0.2, 0.25) is 0 Å². The molecule has 8 heteroatoms. The first kappa shape index (κ1) is 22.5. The number of nitrogens with zero attached hydrogens (tertiary/aromatic N) is 1. The molecule has 0 aliphatic carbocycles. The molecule has 0 radical (unpaired) electrons. The van der Waals surface area contributed by atoms with Crippen LogP contribution in [0.15, 0.2) is 30.3 Å². The Morgan fingerprint density at radius 3 is 2.55 bits per heavy atom. The van der Waals surface area contributed by atoms with E-state index in [1.54, 1.807) is 0 Å². The van der Waals surface area contributed by atoms with Crippen LogP contribution in [0.3, 0.4) is 0 Å². The Labute approximate surface area is 171 Å². The second-order valence-electron chi connectivity index (χ2n) is 7.79. The second-order valence-corrected chi connectivity index (χ2v) is 7.79. The fraction of sp³-hybridized carbons (Fsp3) is 0.571. The van der Waals surface area contributed by atoms with Gasteiger partial charge in [0.15, 0.2) is 0 Å². The largest absolute Gasteiger partial charge is 0.465 e. The maximum absolute atomic E-state index is 12.8. The first-order chi connectivity index (χ1) is 13.8. The first-order valence-electron chi connectivity index (χ1n) is 10.1. The molecular formula is C21H31N3O5. The molecular weight excluding hydrogens is 374 g/mol. The molecule has 1 aliphatic heterocycles. The van der Waals surface area contributed by atoms with Crippen LogP contribution >= 0.6 is 0 Å². The summed E-state index contributed by atoms with van der Waals surface area (Å²) in [6.07, 6.45) is 0.886. The molecule has 1 saturated heterocycles. The first-order valence-corrected chi connectivity index (χ1v) is 10.1. The molecule has 160 valence electrons. The minimum atomic E-state index is -0.933. The Hall–Kier alpha value is -2.77. The number of carboxylic acid groups (broad SMARTS) is 1. The summed E-state index contributed by atoms with van der Waals surface area (Å²) in [6.45, 7) is 4.96. The van der Waals surface area contributed by atoms with Crippen molar-refractivity contribution in [2.45, 2.75) is 58.2 Å². The van der Waals surface area contributed by atoms with Gasteiger partial charge in [0.05, 0.1) is 0 Å². The highest BCUT2D eigenvalue weighted by Crippen LogP contribution is 2.13. The van der Waals surface area contributed by atoms with Crippen LogP contribution in [0, 0.1) is 5.92 Å². The van der Waals surface area contributed by atoms with Crippen molar-refractivity contribution in [3.8, 4) is 0 Å². The van der Waals surface area contributed by atoms with E-state index in [0.29, 0.717) is 38.8 Å². The number of amides is 3. The highest BCUT2D eigenvalue weighted by molar-refractivity contribution is 5.85. The summed E-state index contributed by atoms with van der Waals surface area (Å²) in [5.41, 5.74) is 0.869. The lowest BCUT2D eigenvalue weighted by molar-refractivity contribution is -0.124. The summed E-state index contributed by atoms with van der Waals surface area (Å²) in [5, 5.41) is 14.8. The fourth-order valence-electron chi connectivity index (χ4n) is 3.34. The van der Waals surface area contributed by atoms with Gasteiger partial charge in [0.2, 0.25) is 5.91 Å². The molecule has 1 aromatic rings. The number of carbonyl (C=O) groups excluding carboxylic acids is 2. The van der Waals surface area contributed by atoms with Gasteiger partial charge in [-0.25, -0.2) is 9.59 Å². The number of benzene rings is 1. The van der Waals surface area contributed by atoms with Gasteiger partial charge in [-0.05, 0) is 37.2 Å². The third-order valence-electron chi connectivity index (χ3n) is 4.87. The molecule has 8 nitrogen and oxygen atoms in total. The van der Waals surface area contributed by atoms with Gasteiger partial charge in [0, 0.05) is 19.1 Å². The molecule has 0 spiro atoms. The Morgan fingerprint density at radius 1 is 1.17 bits per heavy atom. The van der Waals surface area contributed by atoms with Gasteiger partial charge in [0.1, 0.15) is 12.6 Å². The summed E-state index contributed by atoms with van der Waals surface area (Å²) in [4.78, 5) is 37.5.